The van der Waals surface area contributed by atoms with Gasteiger partial charge in [-0.05, 0) is 29.9 Å². The summed E-state index contributed by atoms with van der Waals surface area (Å²) >= 11 is 0. The molecule has 3 nitrogen and oxygen atoms in total. The minimum absolute atomic E-state index is 0.218. The van der Waals surface area contributed by atoms with Gasteiger partial charge in [0.05, 0.1) is 24.7 Å². The average molecular weight is 420 g/mol. The topological polar surface area (TPSA) is 32.3 Å². The van der Waals surface area contributed by atoms with Crippen molar-refractivity contribution in [2.45, 2.75) is 43.9 Å². The molecular weight excluding hydrogens is 387 g/mol. The summed E-state index contributed by atoms with van der Waals surface area (Å²) < 4.78 is 15.4. The summed E-state index contributed by atoms with van der Waals surface area (Å²) in [4.78, 5) is 0. The highest BCUT2D eigenvalue weighted by Crippen LogP contribution is 2.43. The Kier molecular flexibility index (Phi) is 5.55. The van der Waals surface area contributed by atoms with Crippen molar-refractivity contribution < 1.29 is 14.0 Å². The molecule has 3 aromatic carbocycles. The largest absolute Gasteiger partial charge is 0.385 e. The minimum atomic E-state index is -0.880. The molecule has 1 aliphatic carbocycles. The number of hydrogen-bond donors (Lipinski definition) is 2. The van der Waals surface area contributed by atoms with E-state index in [1.807, 2.05) is 24.3 Å². The molecule has 0 bridgehead atoms. The highest BCUT2D eigenvalue weighted by Gasteiger charge is 2.45. The van der Waals surface area contributed by atoms with Crippen molar-refractivity contribution in [2.75, 3.05) is 26.2 Å². The van der Waals surface area contributed by atoms with E-state index in [1.54, 1.807) is 6.07 Å². The Hall–Kier alpha value is -2.27. The number of quaternary nitrogens is 1. The number of hydrogen-bond acceptors (Lipinski definition) is 2. The van der Waals surface area contributed by atoms with E-state index in [9.17, 15) is 9.50 Å². The molecule has 1 saturated heterocycles. The molecule has 2 N–H and O–H groups in total. The van der Waals surface area contributed by atoms with Crippen LogP contribution in [-0.2, 0) is 12.1 Å². The second-order valence-electron chi connectivity index (χ2n) is 9.46. The van der Waals surface area contributed by atoms with Gasteiger partial charge in [-0.3, -0.25) is 0 Å². The number of nitrogens with zero attached hydrogens (tertiary/aromatic N) is 1. The van der Waals surface area contributed by atoms with Crippen molar-refractivity contribution in [3.63, 3.8) is 0 Å². The van der Waals surface area contributed by atoms with Gasteiger partial charge in [-0.25, -0.2) is 4.39 Å². The third-order valence-electron chi connectivity index (χ3n) is 7.74. The summed E-state index contributed by atoms with van der Waals surface area (Å²) in [5.41, 5.74) is 1.40. The van der Waals surface area contributed by atoms with Crippen LogP contribution in [0.2, 0.25) is 0 Å². The van der Waals surface area contributed by atoms with Gasteiger partial charge in [0.15, 0.2) is 0 Å². The molecule has 2 aliphatic rings. The number of nitrogens with one attached hydrogen (secondary N) is 1. The Balaban J connectivity index is 1.40. The first-order valence-corrected chi connectivity index (χ1v) is 11.6. The number of piperazine rings is 1. The Bertz CT molecular complexity index is 1040. The molecular formula is C27H32FN2O+. The van der Waals surface area contributed by atoms with E-state index in [1.165, 1.54) is 11.6 Å². The van der Waals surface area contributed by atoms with Crippen molar-refractivity contribution in [3.05, 3.63) is 83.7 Å². The Morgan fingerprint density at radius 2 is 1.52 bits per heavy atom. The SMILES string of the molecule is OC1(c2ccc(F)c3ccccc23)CCC([N+]2(Cc3ccccc3)CCNCC2)CC1. The van der Waals surface area contributed by atoms with E-state index in [0.717, 1.165) is 73.8 Å². The summed E-state index contributed by atoms with van der Waals surface area (Å²) in [7, 11) is 0. The molecule has 0 radical (unpaired) electrons. The smallest absolute Gasteiger partial charge is 0.131 e. The predicted octanol–water partition coefficient (Wildman–Crippen LogP) is 4.73. The van der Waals surface area contributed by atoms with Crippen molar-refractivity contribution in [3.8, 4) is 0 Å². The van der Waals surface area contributed by atoms with E-state index in [0.29, 0.717) is 11.4 Å². The molecule has 2 fully saturated rings. The molecule has 5 rings (SSSR count). The summed E-state index contributed by atoms with van der Waals surface area (Å²) in [6.07, 6.45) is 3.45. The normalized spacial score (nSPS) is 26.1. The minimum Gasteiger partial charge on any atom is -0.385 e. The molecule has 3 aromatic rings. The zero-order valence-electron chi connectivity index (χ0n) is 18.1. The van der Waals surface area contributed by atoms with Crippen molar-refractivity contribution >= 4 is 10.8 Å². The second kappa shape index (κ2) is 8.34. The first-order valence-electron chi connectivity index (χ1n) is 11.6. The van der Waals surface area contributed by atoms with E-state index < -0.39 is 5.60 Å². The fraction of sp³-hybridized carbons (Fsp3) is 0.407. The molecule has 0 unspecified atom stereocenters. The van der Waals surface area contributed by atoms with Gasteiger partial charge in [0.1, 0.15) is 12.4 Å². The zero-order valence-corrected chi connectivity index (χ0v) is 18.1. The van der Waals surface area contributed by atoms with Crippen LogP contribution in [0.15, 0.2) is 66.7 Å². The van der Waals surface area contributed by atoms with E-state index >= 15 is 0 Å². The third-order valence-corrected chi connectivity index (χ3v) is 7.74. The molecule has 4 heteroatoms. The van der Waals surface area contributed by atoms with Crippen molar-refractivity contribution in [1.82, 2.24) is 5.32 Å². The van der Waals surface area contributed by atoms with E-state index in [4.69, 9.17) is 0 Å². The summed E-state index contributed by atoms with van der Waals surface area (Å²) in [5.74, 6) is -0.218. The zero-order chi connectivity index (χ0) is 21.3. The van der Waals surface area contributed by atoms with E-state index in [2.05, 4.69) is 35.6 Å². The van der Waals surface area contributed by atoms with Gasteiger partial charge in [0, 0.05) is 36.9 Å². The Morgan fingerprint density at radius 1 is 0.871 bits per heavy atom. The van der Waals surface area contributed by atoms with Crippen LogP contribution in [0.4, 0.5) is 4.39 Å². The second-order valence-corrected chi connectivity index (χ2v) is 9.46. The number of rotatable bonds is 4. The lowest BCUT2D eigenvalue weighted by Gasteiger charge is -2.51. The average Bonchev–Trinajstić information content (AvgIpc) is 2.81. The maximum atomic E-state index is 14.3. The number of halogens is 1. The van der Waals surface area contributed by atoms with Gasteiger partial charge in [-0.15, -0.1) is 0 Å². The van der Waals surface area contributed by atoms with Crippen LogP contribution in [0.5, 0.6) is 0 Å². The summed E-state index contributed by atoms with van der Waals surface area (Å²) in [6, 6.07) is 22.2. The monoisotopic (exact) mass is 419 g/mol. The van der Waals surface area contributed by atoms with Gasteiger partial charge < -0.3 is 14.9 Å². The summed E-state index contributed by atoms with van der Waals surface area (Å²) in [5, 5.41) is 16.7. The third kappa shape index (κ3) is 3.89. The highest BCUT2D eigenvalue weighted by atomic mass is 19.1. The van der Waals surface area contributed by atoms with Crippen LogP contribution in [0.1, 0.15) is 36.8 Å². The molecule has 162 valence electrons. The quantitative estimate of drug-likeness (QED) is 0.599. The number of fused-ring (bicyclic) bond motifs is 1. The molecule has 0 atom stereocenters. The van der Waals surface area contributed by atoms with Crippen LogP contribution in [0.25, 0.3) is 10.8 Å². The molecule has 1 heterocycles. The van der Waals surface area contributed by atoms with Gasteiger partial charge >= 0.3 is 0 Å². The Labute approximate surface area is 184 Å². The number of benzene rings is 3. The van der Waals surface area contributed by atoms with Gasteiger partial charge in [0.25, 0.3) is 0 Å². The maximum absolute atomic E-state index is 14.3. The fourth-order valence-corrected chi connectivity index (χ4v) is 6.00. The molecule has 31 heavy (non-hydrogen) atoms. The highest BCUT2D eigenvalue weighted by molar-refractivity contribution is 5.87. The van der Waals surface area contributed by atoms with Crippen LogP contribution in [0.3, 0.4) is 0 Å². The summed E-state index contributed by atoms with van der Waals surface area (Å²) in [6.45, 7) is 5.44. The standard InChI is InChI=1S/C27H32FN2O/c28-26-11-10-25(23-8-4-5-9-24(23)26)27(31)14-12-22(13-15-27)30(18-16-29-17-19-30)20-21-6-2-1-3-7-21/h1-11,22,29,31H,12-20H2/q+1. The fourth-order valence-electron chi connectivity index (χ4n) is 6.00. The van der Waals surface area contributed by atoms with Crippen molar-refractivity contribution in [1.29, 1.82) is 0 Å². The Morgan fingerprint density at radius 3 is 2.23 bits per heavy atom. The van der Waals surface area contributed by atoms with Crippen LogP contribution in [-0.4, -0.2) is 41.8 Å². The number of aliphatic hydroxyl groups is 1. The first kappa shape index (κ1) is 20.6. The van der Waals surface area contributed by atoms with Crippen LogP contribution < -0.4 is 5.32 Å². The molecule has 0 spiro atoms. The van der Waals surface area contributed by atoms with Gasteiger partial charge in [-0.2, -0.15) is 0 Å². The lowest BCUT2D eigenvalue weighted by molar-refractivity contribution is -0.966. The molecule has 1 aliphatic heterocycles. The lowest BCUT2D eigenvalue weighted by atomic mass is 9.75. The molecule has 1 saturated carbocycles. The van der Waals surface area contributed by atoms with Crippen LogP contribution >= 0.6 is 0 Å². The predicted molar refractivity (Wildman–Crippen MR) is 123 cm³/mol. The maximum Gasteiger partial charge on any atom is 0.131 e. The molecule has 0 aromatic heterocycles. The molecule has 0 amide bonds. The van der Waals surface area contributed by atoms with Gasteiger partial charge in [0.2, 0.25) is 0 Å². The van der Waals surface area contributed by atoms with E-state index in [-0.39, 0.29) is 5.82 Å². The lowest BCUT2D eigenvalue weighted by Crippen LogP contribution is -2.64. The van der Waals surface area contributed by atoms with Crippen molar-refractivity contribution in [2.24, 2.45) is 0 Å². The van der Waals surface area contributed by atoms with Crippen LogP contribution in [0, 0.1) is 5.82 Å². The first-order chi connectivity index (χ1) is 15.1. The van der Waals surface area contributed by atoms with Gasteiger partial charge in [-0.1, -0.05) is 60.7 Å².